The Morgan fingerprint density at radius 1 is 1.50 bits per heavy atom. The van der Waals surface area contributed by atoms with Gasteiger partial charge in [0.2, 0.25) is 10.0 Å². The average molecular weight is 323 g/mol. The van der Waals surface area contributed by atoms with Crippen molar-refractivity contribution >= 4 is 33.3 Å². The molecule has 0 bridgehead atoms. The molecule has 0 saturated carbocycles. The zero-order valence-electron chi connectivity index (χ0n) is 10.3. The van der Waals surface area contributed by atoms with Gasteiger partial charge in [0.25, 0.3) is 5.69 Å². The lowest BCUT2D eigenvalue weighted by molar-refractivity contribution is -0.384. The van der Waals surface area contributed by atoms with Crippen LogP contribution in [0.1, 0.15) is 6.92 Å². The summed E-state index contributed by atoms with van der Waals surface area (Å²) in [6.45, 7) is 0.658. The Balaban J connectivity index is 3.31. The maximum atomic E-state index is 12.2. The summed E-state index contributed by atoms with van der Waals surface area (Å²) in [7, 11) is -4.13. The lowest BCUT2D eigenvalue weighted by Gasteiger charge is -2.18. The van der Waals surface area contributed by atoms with Crippen LogP contribution < -0.4 is 0 Å². The molecule has 0 saturated heterocycles. The van der Waals surface area contributed by atoms with Gasteiger partial charge < -0.3 is 5.11 Å². The lowest BCUT2D eigenvalue weighted by atomic mass is 10.3. The Labute approximate surface area is 119 Å². The Kier molecular flexibility index (Phi) is 5.03. The monoisotopic (exact) mass is 322 g/mol. The number of likely N-dealkylation sites (N-methyl/N-ethyl adjacent to an activating group) is 1. The molecule has 10 heteroatoms. The van der Waals surface area contributed by atoms with E-state index in [4.69, 9.17) is 16.7 Å². The van der Waals surface area contributed by atoms with E-state index in [1.165, 1.54) is 6.92 Å². The molecule has 1 aromatic carbocycles. The van der Waals surface area contributed by atoms with Gasteiger partial charge in [-0.1, -0.05) is 18.5 Å². The Bertz CT molecular complexity index is 645. The molecule has 0 aliphatic heterocycles. The molecule has 8 nitrogen and oxygen atoms in total. The number of nitro groups is 1. The van der Waals surface area contributed by atoms with Crippen molar-refractivity contribution in [3.05, 3.63) is 33.3 Å². The van der Waals surface area contributed by atoms with Gasteiger partial charge in [0.05, 0.1) is 9.82 Å². The second-order valence-electron chi connectivity index (χ2n) is 3.70. The van der Waals surface area contributed by atoms with E-state index in [1.54, 1.807) is 0 Å². The summed E-state index contributed by atoms with van der Waals surface area (Å²) in [5, 5.41) is 19.2. The molecule has 1 N–H and O–H groups in total. The summed E-state index contributed by atoms with van der Waals surface area (Å²) in [4.78, 5) is 20.2. The van der Waals surface area contributed by atoms with Crippen molar-refractivity contribution in [3.63, 3.8) is 0 Å². The van der Waals surface area contributed by atoms with Crippen molar-refractivity contribution in [2.45, 2.75) is 11.8 Å². The van der Waals surface area contributed by atoms with E-state index < -0.39 is 33.1 Å². The van der Waals surface area contributed by atoms with Gasteiger partial charge in [-0.3, -0.25) is 14.9 Å². The maximum Gasteiger partial charge on any atom is 0.318 e. The van der Waals surface area contributed by atoms with Crippen LogP contribution in [-0.2, 0) is 14.8 Å². The van der Waals surface area contributed by atoms with Crippen LogP contribution in [0.3, 0.4) is 0 Å². The van der Waals surface area contributed by atoms with E-state index in [-0.39, 0.29) is 16.5 Å². The minimum Gasteiger partial charge on any atom is -0.480 e. The molecule has 0 spiro atoms. The van der Waals surface area contributed by atoms with E-state index in [9.17, 15) is 23.3 Å². The van der Waals surface area contributed by atoms with Crippen LogP contribution in [0.4, 0.5) is 5.69 Å². The van der Waals surface area contributed by atoms with E-state index in [2.05, 4.69) is 0 Å². The molecule has 110 valence electrons. The molecule has 0 atom stereocenters. The number of hydrogen-bond donors (Lipinski definition) is 1. The van der Waals surface area contributed by atoms with Gasteiger partial charge in [0.15, 0.2) is 0 Å². The van der Waals surface area contributed by atoms with Crippen molar-refractivity contribution in [2.75, 3.05) is 13.1 Å². The minimum atomic E-state index is -4.13. The predicted octanol–water partition coefficient (Wildman–Crippen LogP) is 1.34. The highest BCUT2D eigenvalue weighted by Crippen LogP contribution is 2.28. The van der Waals surface area contributed by atoms with E-state index >= 15 is 0 Å². The molecule has 0 aliphatic rings. The summed E-state index contributed by atoms with van der Waals surface area (Å²) in [6, 6.07) is 2.98. The summed E-state index contributed by atoms with van der Waals surface area (Å²) in [5.74, 6) is -1.32. The van der Waals surface area contributed by atoms with E-state index in [0.29, 0.717) is 4.31 Å². The number of benzene rings is 1. The van der Waals surface area contributed by atoms with Gasteiger partial charge >= 0.3 is 5.97 Å². The molecule has 1 aromatic rings. The molecule has 0 radical (unpaired) electrons. The summed E-state index contributed by atoms with van der Waals surface area (Å²) in [5.41, 5.74) is -0.556. The van der Waals surface area contributed by atoms with Crippen molar-refractivity contribution in [2.24, 2.45) is 0 Å². The van der Waals surface area contributed by atoms with Gasteiger partial charge in [0, 0.05) is 12.6 Å². The minimum absolute atomic E-state index is 0.0783. The van der Waals surface area contributed by atoms with Crippen LogP contribution in [0, 0.1) is 10.1 Å². The highest BCUT2D eigenvalue weighted by molar-refractivity contribution is 7.89. The number of hydrogen-bond acceptors (Lipinski definition) is 5. The van der Waals surface area contributed by atoms with Gasteiger partial charge in [-0.25, -0.2) is 8.42 Å². The zero-order valence-corrected chi connectivity index (χ0v) is 11.9. The SMILES string of the molecule is CCN(CC(=O)O)S(=O)(=O)c1ccc(Cl)c([N+](=O)[O-])c1. The number of aliphatic carboxylic acids is 1. The molecule has 0 unspecified atom stereocenters. The number of carboxylic acid groups (broad SMARTS) is 1. The van der Waals surface area contributed by atoms with Crippen molar-refractivity contribution < 1.29 is 23.2 Å². The molecular weight excluding hydrogens is 312 g/mol. The number of nitro benzene ring substituents is 1. The number of carbonyl (C=O) groups is 1. The molecule has 0 aliphatic carbocycles. The van der Waals surface area contributed by atoms with Crippen LogP contribution in [0.2, 0.25) is 5.02 Å². The zero-order chi connectivity index (χ0) is 15.5. The average Bonchev–Trinajstić information content (AvgIpc) is 2.35. The third-order valence-electron chi connectivity index (χ3n) is 2.42. The number of nitrogens with zero attached hydrogens (tertiary/aromatic N) is 2. The standard InChI is InChI=1S/C10H11ClN2O6S/c1-2-12(6-10(14)15)20(18,19)7-3-4-8(11)9(5-7)13(16)17/h3-5H,2,6H2,1H3,(H,14,15). The first kappa shape index (κ1) is 16.3. The number of halogens is 1. The fraction of sp³-hybridized carbons (Fsp3) is 0.300. The van der Waals surface area contributed by atoms with Gasteiger partial charge in [-0.15, -0.1) is 0 Å². The second-order valence-corrected chi connectivity index (χ2v) is 6.04. The molecule has 0 fully saturated rings. The first-order chi connectivity index (χ1) is 9.20. The Morgan fingerprint density at radius 2 is 2.10 bits per heavy atom. The maximum absolute atomic E-state index is 12.2. The largest absolute Gasteiger partial charge is 0.480 e. The van der Waals surface area contributed by atoms with Gasteiger partial charge in [0.1, 0.15) is 11.6 Å². The smallest absolute Gasteiger partial charge is 0.318 e. The highest BCUT2D eigenvalue weighted by Gasteiger charge is 2.27. The number of carboxylic acids is 1. The predicted molar refractivity (Wildman–Crippen MR) is 70.2 cm³/mol. The lowest BCUT2D eigenvalue weighted by Crippen LogP contribution is -2.35. The van der Waals surface area contributed by atoms with E-state index in [0.717, 1.165) is 18.2 Å². The van der Waals surface area contributed by atoms with Gasteiger partial charge in [-0.05, 0) is 12.1 Å². The third kappa shape index (κ3) is 3.44. The molecule has 0 aromatic heterocycles. The van der Waals surface area contributed by atoms with Gasteiger partial charge in [-0.2, -0.15) is 4.31 Å². The molecule has 0 heterocycles. The quantitative estimate of drug-likeness (QED) is 0.623. The third-order valence-corrected chi connectivity index (χ3v) is 4.65. The molecule has 1 rings (SSSR count). The van der Waals surface area contributed by atoms with Crippen molar-refractivity contribution in [1.82, 2.24) is 4.31 Å². The van der Waals surface area contributed by atoms with Crippen LogP contribution in [0.5, 0.6) is 0 Å². The first-order valence-corrected chi connectivity index (χ1v) is 7.17. The summed E-state index contributed by atoms with van der Waals surface area (Å²) >= 11 is 5.59. The molecule has 0 amide bonds. The summed E-state index contributed by atoms with van der Waals surface area (Å²) < 4.78 is 25.1. The van der Waals surface area contributed by atoms with Crippen molar-refractivity contribution in [3.8, 4) is 0 Å². The van der Waals surface area contributed by atoms with Crippen LogP contribution >= 0.6 is 11.6 Å². The topological polar surface area (TPSA) is 118 Å². The fourth-order valence-corrected chi connectivity index (χ4v) is 3.07. The van der Waals surface area contributed by atoms with E-state index in [1.807, 2.05) is 0 Å². The number of sulfonamides is 1. The van der Waals surface area contributed by atoms with Crippen molar-refractivity contribution in [1.29, 1.82) is 0 Å². The molecule has 20 heavy (non-hydrogen) atoms. The van der Waals surface area contributed by atoms with Crippen LogP contribution in [0.25, 0.3) is 0 Å². The Morgan fingerprint density at radius 3 is 2.55 bits per heavy atom. The normalized spacial score (nSPS) is 11.6. The number of rotatable bonds is 6. The van der Waals surface area contributed by atoms with Crippen LogP contribution in [0.15, 0.2) is 23.1 Å². The second kappa shape index (κ2) is 6.16. The van der Waals surface area contributed by atoms with Crippen LogP contribution in [-0.4, -0.2) is 41.8 Å². The summed E-state index contributed by atoms with van der Waals surface area (Å²) in [6.07, 6.45) is 0. The highest BCUT2D eigenvalue weighted by atomic mass is 35.5. The fourth-order valence-electron chi connectivity index (χ4n) is 1.46. The first-order valence-electron chi connectivity index (χ1n) is 5.36. The molecular formula is C10H11ClN2O6S. The Hall–Kier alpha value is -1.71.